The summed E-state index contributed by atoms with van der Waals surface area (Å²) >= 11 is 0. The fourth-order valence-electron chi connectivity index (χ4n) is 2.49. The Morgan fingerprint density at radius 3 is 3.20 bits per heavy atom. The highest BCUT2D eigenvalue weighted by Gasteiger charge is 2.23. The number of morpholine rings is 1. The smallest absolute Gasteiger partial charge is 0.140 e. The Morgan fingerprint density at radius 1 is 1.45 bits per heavy atom. The third-order valence-corrected chi connectivity index (χ3v) is 3.57. The fourth-order valence-corrected chi connectivity index (χ4v) is 2.49. The van der Waals surface area contributed by atoms with Crippen LogP contribution in [0.3, 0.4) is 0 Å². The SMILES string of the molecule is CCn1ncnc1CN1CCOC(c2cccnc2)C1. The summed E-state index contributed by atoms with van der Waals surface area (Å²) in [6.45, 7) is 6.27. The van der Waals surface area contributed by atoms with E-state index in [1.807, 2.05) is 16.9 Å². The number of nitrogens with zero attached hydrogens (tertiary/aromatic N) is 5. The van der Waals surface area contributed by atoms with Gasteiger partial charge in [-0.25, -0.2) is 9.67 Å². The van der Waals surface area contributed by atoms with Gasteiger partial charge in [-0.15, -0.1) is 0 Å². The minimum atomic E-state index is 0.0930. The van der Waals surface area contributed by atoms with Gasteiger partial charge in [0.1, 0.15) is 12.2 Å². The number of pyridine rings is 1. The maximum atomic E-state index is 5.85. The van der Waals surface area contributed by atoms with E-state index in [0.717, 1.165) is 44.2 Å². The van der Waals surface area contributed by atoms with Crippen LogP contribution in [0.25, 0.3) is 0 Å². The van der Waals surface area contributed by atoms with E-state index >= 15 is 0 Å². The molecule has 1 unspecified atom stereocenters. The first-order valence-corrected chi connectivity index (χ1v) is 6.97. The second-order valence-electron chi connectivity index (χ2n) is 4.87. The molecule has 1 saturated heterocycles. The Labute approximate surface area is 118 Å². The van der Waals surface area contributed by atoms with Crippen LogP contribution in [0.15, 0.2) is 30.9 Å². The van der Waals surface area contributed by atoms with Crippen LogP contribution in [-0.2, 0) is 17.8 Å². The third-order valence-electron chi connectivity index (χ3n) is 3.57. The Kier molecular flexibility index (Phi) is 4.03. The van der Waals surface area contributed by atoms with Gasteiger partial charge in [-0.2, -0.15) is 5.10 Å². The molecule has 6 heteroatoms. The van der Waals surface area contributed by atoms with Gasteiger partial charge in [-0.1, -0.05) is 6.07 Å². The summed E-state index contributed by atoms with van der Waals surface area (Å²) in [6, 6.07) is 4.01. The molecule has 0 aliphatic carbocycles. The van der Waals surface area contributed by atoms with Gasteiger partial charge in [-0.3, -0.25) is 9.88 Å². The molecular formula is C14H19N5O. The van der Waals surface area contributed by atoms with E-state index < -0.39 is 0 Å². The van der Waals surface area contributed by atoms with Gasteiger partial charge in [0.25, 0.3) is 0 Å². The zero-order chi connectivity index (χ0) is 13.8. The number of rotatable bonds is 4. The molecule has 3 rings (SSSR count). The van der Waals surface area contributed by atoms with Crippen LogP contribution in [0.1, 0.15) is 24.4 Å². The molecule has 6 nitrogen and oxygen atoms in total. The second-order valence-corrected chi connectivity index (χ2v) is 4.87. The highest BCUT2D eigenvalue weighted by molar-refractivity contribution is 5.13. The maximum Gasteiger partial charge on any atom is 0.140 e. The Bertz CT molecular complexity index is 542. The second kappa shape index (κ2) is 6.11. The number of hydrogen-bond donors (Lipinski definition) is 0. The third kappa shape index (κ3) is 2.86. The first-order chi connectivity index (χ1) is 9.86. The summed E-state index contributed by atoms with van der Waals surface area (Å²) in [6.07, 6.45) is 5.38. The van der Waals surface area contributed by atoms with Gasteiger partial charge in [0, 0.05) is 37.6 Å². The lowest BCUT2D eigenvalue weighted by Crippen LogP contribution is -2.38. The topological polar surface area (TPSA) is 56.1 Å². The number of hydrogen-bond acceptors (Lipinski definition) is 5. The molecule has 0 bridgehead atoms. The van der Waals surface area contributed by atoms with Crippen molar-refractivity contribution in [1.29, 1.82) is 0 Å². The lowest BCUT2D eigenvalue weighted by molar-refractivity contribution is -0.0341. The molecular weight excluding hydrogens is 254 g/mol. The summed E-state index contributed by atoms with van der Waals surface area (Å²) in [5.74, 6) is 1.01. The van der Waals surface area contributed by atoms with Crippen LogP contribution < -0.4 is 0 Å². The molecule has 0 saturated carbocycles. The largest absolute Gasteiger partial charge is 0.371 e. The predicted octanol–water partition coefficient (Wildman–Crippen LogP) is 1.27. The predicted molar refractivity (Wildman–Crippen MR) is 73.9 cm³/mol. The number of aromatic nitrogens is 4. The maximum absolute atomic E-state index is 5.85. The Hall–Kier alpha value is -1.79. The van der Waals surface area contributed by atoms with Crippen molar-refractivity contribution in [3.8, 4) is 0 Å². The van der Waals surface area contributed by atoms with Gasteiger partial charge in [0.05, 0.1) is 19.3 Å². The summed E-state index contributed by atoms with van der Waals surface area (Å²) < 4.78 is 7.78. The van der Waals surface area contributed by atoms with Crippen molar-refractivity contribution in [2.75, 3.05) is 19.7 Å². The zero-order valence-electron chi connectivity index (χ0n) is 11.6. The lowest BCUT2D eigenvalue weighted by Gasteiger charge is -2.32. The Balaban J connectivity index is 1.67. The monoisotopic (exact) mass is 273 g/mol. The molecule has 0 aromatic carbocycles. The van der Waals surface area contributed by atoms with E-state index in [0.29, 0.717) is 0 Å². The van der Waals surface area contributed by atoms with Crippen LogP contribution in [-0.4, -0.2) is 44.3 Å². The van der Waals surface area contributed by atoms with Crippen molar-refractivity contribution in [2.45, 2.75) is 26.1 Å². The van der Waals surface area contributed by atoms with Crippen LogP contribution in [0.5, 0.6) is 0 Å². The van der Waals surface area contributed by atoms with Crippen LogP contribution in [0.2, 0.25) is 0 Å². The quantitative estimate of drug-likeness (QED) is 0.839. The van der Waals surface area contributed by atoms with E-state index in [1.54, 1.807) is 12.5 Å². The highest BCUT2D eigenvalue weighted by atomic mass is 16.5. The van der Waals surface area contributed by atoms with E-state index in [4.69, 9.17) is 4.74 Å². The van der Waals surface area contributed by atoms with E-state index in [1.165, 1.54) is 0 Å². The first-order valence-electron chi connectivity index (χ1n) is 6.97. The molecule has 0 amide bonds. The van der Waals surface area contributed by atoms with Crippen LogP contribution in [0, 0.1) is 0 Å². The first kappa shape index (κ1) is 13.2. The normalized spacial score (nSPS) is 20.1. The van der Waals surface area contributed by atoms with Gasteiger partial charge < -0.3 is 4.74 Å². The molecule has 2 aromatic heterocycles. The summed E-state index contributed by atoms with van der Waals surface area (Å²) in [7, 11) is 0. The molecule has 0 N–H and O–H groups in total. The Morgan fingerprint density at radius 2 is 2.40 bits per heavy atom. The van der Waals surface area contributed by atoms with Crippen LogP contribution in [0.4, 0.5) is 0 Å². The minimum absolute atomic E-state index is 0.0930. The highest BCUT2D eigenvalue weighted by Crippen LogP contribution is 2.22. The van der Waals surface area contributed by atoms with Gasteiger partial charge in [0.15, 0.2) is 0 Å². The lowest BCUT2D eigenvalue weighted by atomic mass is 10.1. The molecule has 3 heterocycles. The number of ether oxygens (including phenoxy) is 1. The molecule has 1 fully saturated rings. The molecule has 0 spiro atoms. The molecule has 2 aromatic rings. The van der Waals surface area contributed by atoms with Crippen molar-refractivity contribution < 1.29 is 4.74 Å². The van der Waals surface area contributed by atoms with Crippen molar-refractivity contribution >= 4 is 0 Å². The molecule has 1 aliphatic heterocycles. The fraction of sp³-hybridized carbons (Fsp3) is 0.500. The minimum Gasteiger partial charge on any atom is -0.371 e. The summed E-state index contributed by atoms with van der Waals surface area (Å²) in [4.78, 5) is 10.9. The summed E-state index contributed by atoms with van der Waals surface area (Å²) in [5.41, 5.74) is 1.13. The molecule has 1 aliphatic rings. The van der Waals surface area contributed by atoms with E-state index in [-0.39, 0.29) is 6.10 Å². The van der Waals surface area contributed by atoms with Crippen LogP contribution >= 0.6 is 0 Å². The standard InChI is InChI=1S/C14H19N5O/c1-2-19-14(16-11-17-19)10-18-6-7-20-13(9-18)12-4-3-5-15-8-12/h3-5,8,11,13H,2,6-7,9-10H2,1H3. The van der Waals surface area contributed by atoms with Gasteiger partial charge in [-0.05, 0) is 13.0 Å². The van der Waals surface area contributed by atoms with Crippen molar-refractivity contribution in [3.63, 3.8) is 0 Å². The molecule has 20 heavy (non-hydrogen) atoms. The summed E-state index contributed by atoms with van der Waals surface area (Å²) in [5, 5.41) is 4.22. The van der Waals surface area contributed by atoms with Crippen molar-refractivity contribution in [2.24, 2.45) is 0 Å². The molecule has 0 radical (unpaired) electrons. The average molecular weight is 273 g/mol. The molecule has 106 valence electrons. The number of aryl methyl sites for hydroxylation is 1. The zero-order valence-corrected chi connectivity index (χ0v) is 11.6. The van der Waals surface area contributed by atoms with E-state index in [2.05, 4.69) is 33.0 Å². The average Bonchev–Trinajstić information content (AvgIpc) is 2.96. The van der Waals surface area contributed by atoms with Gasteiger partial charge >= 0.3 is 0 Å². The van der Waals surface area contributed by atoms with Crippen molar-refractivity contribution in [3.05, 3.63) is 42.2 Å². The van der Waals surface area contributed by atoms with Gasteiger partial charge in [0.2, 0.25) is 0 Å². The molecule has 1 atom stereocenters. The van der Waals surface area contributed by atoms with Crippen molar-refractivity contribution in [1.82, 2.24) is 24.6 Å². The van der Waals surface area contributed by atoms with E-state index in [9.17, 15) is 0 Å².